The third kappa shape index (κ3) is 6.92. The second kappa shape index (κ2) is 11.7. The summed E-state index contributed by atoms with van der Waals surface area (Å²) in [6.45, 7) is 5.30. The van der Waals surface area contributed by atoms with E-state index in [0.29, 0.717) is 5.56 Å². The molecule has 0 unspecified atom stereocenters. The average Bonchev–Trinajstić information content (AvgIpc) is 3.29. The van der Waals surface area contributed by atoms with Gasteiger partial charge in [0.15, 0.2) is 5.82 Å². The molecular formula is C22H26ClFN8O5S. The molecule has 0 aliphatic carbocycles. The topological polar surface area (TPSA) is 161 Å². The van der Waals surface area contributed by atoms with Crippen LogP contribution in [0.25, 0.3) is 22.5 Å². The molecule has 0 aliphatic rings. The van der Waals surface area contributed by atoms with E-state index < -0.39 is 28.0 Å². The number of halogens is 2. The summed E-state index contributed by atoms with van der Waals surface area (Å²) in [5, 5.41) is 11.0. The minimum absolute atomic E-state index is 0.0659. The van der Waals surface area contributed by atoms with Gasteiger partial charge in [-0.1, -0.05) is 11.6 Å². The van der Waals surface area contributed by atoms with Crippen molar-refractivity contribution in [1.82, 2.24) is 25.1 Å². The molecule has 38 heavy (non-hydrogen) atoms. The number of amides is 1. The van der Waals surface area contributed by atoms with Crippen LogP contribution >= 0.6 is 11.6 Å². The van der Waals surface area contributed by atoms with E-state index in [9.17, 15) is 18.1 Å². The molecule has 3 aromatic rings. The van der Waals surface area contributed by atoms with Crippen LogP contribution in [0.15, 0.2) is 35.9 Å². The van der Waals surface area contributed by atoms with Crippen molar-refractivity contribution in [3.63, 3.8) is 0 Å². The van der Waals surface area contributed by atoms with Gasteiger partial charge < -0.3 is 10.1 Å². The molecule has 3 rings (SSSR count). The molecule has 0 fully saturated rings. The summed E-state index contributed by atoms with van der Waals surface area (Å²) in [6, 6.07) is 3.33. The number of ether oxygens (including phenoxy) is 1. The van der Waals surface area contributed by atoms with Crippen molar-refractivity contribution >= 4 is 39.4 Å². The molecule has 1 amide bonds. The van der Waals surface area contributed by atoms with Crippen molar-refractivity contribution in [2.75, 3.05) is 29.6 Å². The Bertz CT molecular complexity index is 1450. The summed E-state index contributed by atoms with van der Waals surface area (Å²) in [7, 11) is -2.59. The average molecular weight is 569 g/mol. The van der Waals surface area contributed by atoms with E-state index in [1.54, 1.807) is 17.8 Å². The van der Waals surface area contributed by atoms with E-state index in [0.717, 1.165) is 17.3 Å². The predicted octanol–water partition coefficient (Wildman–Crippen LogP) is 3.98. The molecule has 0 spiro atoms. The van der Waals surface area contributed by atoms with Crippen LogP contribution in [0.4, 0.5) is 20.8 Å². The zero-order valence-corrected chi connectivity index (χ0v) is 22.7. The van der Waals surface area contributed by atoms with Gasteiger partial charge in [0.05, 0.1) is 36.6 Å². The standard InChI is InChI=1S/C22H26ClFN8O5S/c1-12(2)31-11-16(20(28-31)15-8-14(23)9-18(19(15)24)29-38(5,35)36)17-6-7-25-21(27-17)32(30-34)10-13(3)26-22(33)37-4/h6-9,11-13,29H,10H2,1-5H3,(H,26,33)/t13-/m0/s1. The number of nitrogens with one attached hydrogen (secondary N) is 2. The van der Waals surface area contributed by atoms with E-state index in [1.807, 2.05) is 13.8 Å². The number of benzene rings is 1. The van der Waals surface area contributed by atoms with Crippen molar-refractivity contribution in [3.8, 4) is 22.5 Å². The Labute approximate surface area is 223 Å². The largest absolute Gasteiger partial charge is 0.453 e. The number of anilines is 2. The number of hydrogen-bond acceptors (Lipinski definition) is 9. The summed E-state index contributed by atoms with van der Waals surface area (Å²) in [6.07, 6.45) is 3.23. The zero-order valence-electron chi connectivity index (χ0n) is 21.1. The SMILES string of the molecule is COC(=O)N[C@@H](C)CN(N=O)c1nccc(-c2cn(C(C)C)nc2-c2cc(Cl)cc(NS(C)(=O)=O)c2F)n1. The van der Waals surface area contributed by atoms with Crippen molar-refractivity contribution < 1.29 is 22.3 Å². The van der Waals surface area contributed by atoms with Gasteiger partial charge in [-0.15, -0.1) is 4.91 Å². The first-order valence-corrected chi connectivity index (χ1v) is 13.4. The normalized spacial score (nSPS) is 12.2. The molecule has 2 heterocycles. The molecule has 204 valence electrons. The van der Waals surface area contributed by atoms with Crippen LogP contribution in [0.3, 0.4) is 0 Å². The first-order chi connectivity index (χ1) is 17.8. The number of carbonyl (C=O) groups excluding carboxylic acids is 1. The van der Waals surface area contributed by atoms with Gasteiger partial charge in [0, 0.05) is 40.6 Å². The predicted molar refractivity (Wildman–Crippen MR) is 141 cm³/mol. The van der Waals surface area contributed by atoms with E-state index in [2.05, 4.69) is 35.1 Å². The third-order valence-electron chi connectivity index (χ3n) is 5.09. The fourth-order valence-corrected chi connectivity index (χ4v) is 4.18. The first kappa shape index (κ1) is 28.7. The van der Waals surface area contributed by atoms with Gasteiger partial charge in [-0.25, -0.2) is 27.6 Å². The Hall–Kier alpha value is -3.85. The van der Waals surface area contributed by atoms with Crippen LogP contribution in [0.1, 0.15) is 26.8 Å². The number of alkyl carbamates (subject to hydrolysis) is 1. The zero-order chi connectivity index (χ0) is 28.2. The lowest BCUT2D eigenvalue weighted by Crippen LogP contribution is -2.40. The molecule has 1 aromatic carbocycles. The Morgan fingerprint density at radius 2 is 2.00 bits per heavy atom. The molecule has 0 radical (unpaired) electrons. The number of sulfonamides is 1. The van der Waals surface area contributed by atoms with Crippen LogP contribution in [-0.2, 0) is 14.8 Å². The van der Waals surface area contributed by atoms with Gasteiger partial charge in [0.2, 0.25) is 16.0 Å². The third-order valence-corrected chi connectivity index (χ3v) is 5.90. The van der Waals surface area contributed by atoms with Crippen molar-refractivity contribution in [1.29, 1.82) is 0 Å². The Balaban J connectivity index is 2.10. The molecule has 2 aromatic heterocycles. The number of carbonyl (C=O) groups is 1. The number of rotatable bonds is 10. The highest BCUT2D eigenvalue weighted by atomic mass is 35.5. The van der Waals surface area contributed by atoms with Gasteiger partial charge in [0.25, 0.3) is 0 Å². The molecule has 1 atom stereocenters. The number of hydrogen-bond donors (Lipinski definition) is 2. The lowest BCUT2D eigenvalue weighted by molar-refractivity contribution is 0.167. The van der Waals surface area contributed by atoms with Crippen LogP contribution in [0, 0.1) is 10.7 Å². The van der Waals surface area contributed by atoms with Crippen LogP contribution < -0.4 is 15.0 Å². The minimum atomic E-state index is -3.80. The van der Waals surface area contributed by atoms with Gasteiger partial charge in [-0.2, -0.15) is 10.1 Å². The van der Waals surface area contributed by atoms with Crippen LogP contribution in [-0.4, -0.2) is 60.2 Å². The molecule has 16 heteroatoms. The quantitative estimate of drug-likeness (QED) is 0.272. The highest BCUT2D eigenvalue weighted by Crippen LogP contribution is 2.37. The monoisotopic (exact) mass is 568 g/mol. The highest BCUT2D eigenvalue weighted by Gasteiger charge is 2.24. The fourth-order valence-electron chi connectivity index (χ4n) is 3.42. The van der Waals surface area contributed by atoms with Crippen LogP contribution in [0.2, 0.25) is 5.02 Å². The van der Waals surface area contributed by atoms with Gasteiger partial charge >= 0.3 is 6.09 Å². The lowest BCUT2D eigenvalue weighted by Gasteiger charge is -2.19. The Morgan fingerprint density at radius 3 is 2.61 bits per heavy atom. The number of nitroso groups, excluding NO2 is 1. The highest BCUT2D eigenvalue weighted by molar-refractivity contribution is 7.92. The second-order valence-electron chi connectivity index (χ2n) is 8.60. The van der Waals surface area contributed by atoms with Gasteiger partial charge in [-0.05, 0) is 39.0 Å². The molecule has 0 saturated heterocycles. The molecule has 13 nitrogen and oxygen atoms in total. The molecular weight excluding hydrogens is 543 g/mol. The smallest absolute Gasteiger partial charge is 0.407 e. The first-order valence-electron chi connectivity index (χ1n) is 11.2. The maximum atomic E-state index is 15.5. The van der Waals surface area contributed by atoms with Crippen molar-refractivity contribution in [2.24, 2.45) is 5.29 Å². The molecule has 2 N–H and O–H groups in total. The molecule has 0 aliphatic heterocycles. The number of aromatic nitrogens is 4. The maximum Gasteiger partial charge on any atom is 0.407 e. The molecule has 0 saturated carbocycles. The van der Waals surface area contributed by atoms with E-state index in [1.165, 1.54) is 25.4 Å². The lowest BCUT2D eigenvalue weighted by atomic mass is 10.0. The molecule has 0 bridgehead atoms. The van der Waals surface area contributed by atoms with Crippen molar-refractivity contribution in [3.05, 3.63) is 46.3 Å². The Morgan fingerprint density at radius 1 is 1.29 bits per heavy atom. The summed E-state index contributed by atoms with van der Waals surface area (Å²) in [5.74, 6) is -0.964. The fraction of sp³-hybridized carbons (Fsp3) is 0.364. The summed E-state index contributed by atoms with van der Waals surface area (Å²) in [4.78, 5) is 31.6. The van der Waals surface area contributed by atoms with E-state index in [4.69, 9.17) is 11.6 Å². The van der Waals surface area contributed by atoms with E-state index in [-0.39, 0.29) is 46.2 Å². The maximum absolute atomic E-state index is 15.5. The second-order valence-corrected chi connectivity index (χ2v) is 10.8. The summed E-state index contributed by atoms with van der Waals surface area (Å²) in [5.41, 5.74) is 0.356. The summed E-state index contributed by atoms with van der Waals surface area (Å²) < 4.78 is 47.3. The summed E-state index contributed by atoms with van der Waals surface area (Å²) >= 11 is 6.19. The number of methoxy groups -OCH3 is 1. The van der Waals surface area contributed by atoms with Crippen LogP contribution in [0.5, 0.6) is 0 Å². The Kier molecular flexibility index (Phi) is 8.83. The van der Waals surface area contributed by atoms with Gasteiger partial charge in [-0.3, -0.25) is 9.40 Å². The number of nitrogens with zero attached hydrogens (tertiary/aromatic N) is 6. The van der Waals surface area contributed by atoms with Crippen molar-refractivity contribution in [2.45, 2.75) is 32.9 Å². The van der Waals surface area contributed by atoms with Gasteiger partial charge in [0.1, 0.15) is 5.69 Å². The minimum Gasteiger partial charge on any atom is -0.453 e. The van der Waals surface area contributed by atoms with E-state index >= 15 is 4.39 Å².